The smallest absolute Gasteiger partial charge is 0.207 e. The van der Waals surface area contributed by atoms with Crippen LogP contribution in [-0.4, -0.2) is 23.3 Å². The lowest BCUT2D eigenvalue weighted by molar-refractivity contribution is 0.181. The number of para-hydroxylation sites is 1. The van der Waals surface area contributed by atoms with Gasteiger partial charge in [-0.05, 0) is 25.5 Å². The molecule has 0 saturated carbocycles. The van der Waals surface area contributed by atoms with Crippen molar-refractivity contribution in [2.75, 3.05) is 19.0 Å². The molecule has 0 aliphatic carbocycles. The monoisotopic (exact) mass is 245 g/mol. The van der Waals surface area contributed by atoms with E-state index in [-0.39, 0.29) is 0 Å². The zero-order chi connectivity index (χ0) is 12.8. The molecular weight excluding hydrogens is 226 g/mol. The van der Waals surface area contributed by atoms with Crippen LogP contribution < -0.4 is 5.32 Å². The molecule has 1 heterocycles. The molecule has 0 spiro atoms. The lowest BCUT2D eigenvalue weighted by Gasteiger charge is -2.16. The average Bonchev–Trinajstić information content (AvgIpc) is 2.85. The summed E-state index contributed by atoms with van der Waals surface area (Å²) in [7, 11) is 1.73. The van der Waals surface area contributed by atoms with Crippen molar-refractivity contribution in [3.63, 3.8) is 0 Å². The topological polar surface area (TPSA) is 39.1 Å². The summed E-state index contributed by atoms with van der Waals surface area (Å²) in [5.74, 6) is 0.866. The maximum atomic E-state index is 5.11. The molecule has 1 aromatic carbocycles. The highest BCUT2D eigenvalue weighted by atomic mass is 16.5. The molecule has 1 unspecified atom stereocenters. The highest BCUT2D eigenvalue weighted by Gasteiger charge is 2.09. The van der Waals surface area contributed by atoms with E-state index in [9.17, 15) is 0 Å². The van der Waals surface area contributed by atoms with Gasteiger partial charge in [-0.1, -0.05) is 18.2 Å². The second kappa shape index (κ2) is 6.21. The van der Waals surface area contributed by atoms with E-state index < -0.39 is 0 Å². The van der Waals surface area contributed by atoms with E-state index in [1.54, 1.807) is 7.11 Å². The third kappa shape index (κ3) is 3.11. The van der Waals surface area contributed by atoms with Crippen LogP contribution in [0.25, 0.3) is 0 Å². The number of hydrogen-bond donors (Lipinski definition) is 1. The Morgan fingerprint density at radius 2 is 2.11 bits per heavy atom. The molecule has 1 atom stereocenters. The Kier molecular flexibility index (Phi) is 4.36. The van der Waals surface area contributed by atoms with Crippen molar-refractivity contribution in [1.82, 2.24) is 9.55 Å². The van der Waals surface area contributed by atoms with Crippen molar-refractivity contribution in [1.29, 1.82) is 0 Å². The van der Waals surface area contributed by atoms with Gasteiger partial charge in [-0.25, -0.2) is 4.98 Å². The third-order valence-electron chi connectivity index (χ3n) is 2.91. The minimum absolute atomic E-state index is 0.360. The number of rotatable bonds is 6. The van der Waals surface area contributed by atoms with Crippen LogP contribution in [0.5, 0.6) is 0 Å². The quantitative estimate of drug-likeness (QED) is 0.849. The number of ether oxygens (including phenoxy) is 1. The summed E-state index contributed by atoms with van der Waals surface area (Å²) in [5, 5.41) is 3.32. The van der Waals surface area contributed by atoms with Crippen molar-refractivity contribution in [3.05, 3.63) is 42.7 Å². The minimum atomic E-state index is 0.360. The third-order valence-corrected chi connectivity index (χ3v) is 2.91. The predicted molar refractivity (Wildman–Crippen MR) is 73.2 cm³/mol. The Hall–Kier alpha value is -1.81. The van der Waals surface area contributed by atoms with Crippen LogP contribution in [0.3, 0.4) is 0 Å². The molecule has 0 aliphatic rings. The molecule has 0 fully saturated rings. The number of aromatic nitrogens is 2. The van der Waals surface area contributed by atoms with Gasteiger partial charge in [0.15, 0.2) is 0 Å². The number of imidazole rings is 1. The van der Waals surface area contributed by atoms with Gasteiger partial charge in [-0.15, -0.1) is 0 Å². The van der Waals surface area contributed by atoms with E-state index in [0.717, 1.165) is 24.7 Å². The van der Waals surface area contributed by atoms with Crippen LogP contribution >= 0.6 is 0 Å². The molecule has 0 radical (unpaired) electrons. The van der Waals surface area contributed by atoms with Gasteiger partial charge < -0.3 is 14.6 Å². The van der Waals surface area contributed by atoms with E-state index in [1.165, 1.54) is 0 Å². The SMILES string of the molecule is COCCC(C)n1ccnc1Nc1ccccc1. The fraction of sp³-hybridized carbons (Fsp3) is 0.357. The van der Waals surface area contributed by atoms with Gasteiger partial charge in [0.25, 0.3) is 0 Å². The molecule has 0 saturated heterocycles. The second-order valence-corrected chi connectivity index (χ2v) is 4.28. The Morgan fingerprint density at radius 1 is 1.33 bits per heavy atom. The first kappa shape index (κ1) is 12.6. The Morgan fingerprint density at radius 3 is 2.83 bits per heavy atom. The molecule has 0 aliphatic heterocycles. The summed E-state index contributed by atoms with van der Waals surface area (Å²) < 4.78 is 7.25. The summed E-state index contributed by atoms with van der Waals surface area (Å²) in [6.07, 6.45) is 4.77. The van der Waals surface area contributed by atoms with Crippen molar-refractivity contribution in [2.45, 2.75) is 19.4 Å². The summed E-state index contributed by atoms with van der Waals surface area (Å²) >= 11 is 0. The van der Waals surface area contributed by atoms with Gasteiger partial charge in [-0.2, -0.15) is 0 Å². The first-order chi connectivity index (χ1) is 8.81. The lowest BCUT2D eigenvalue weighted by Crippen LogP contribution is -2.10. The van der Waals surface area contributed by atoms with Crippen LogP contribution in [0, 0.1) is 0 Å². The second-order valence-electron chi connectivity index (χ2n) is 4.28. The summed E-state index contributed by atoms with van der Waals surface area (Å²) in [6, 6.07) is 10.4. The van der Waals surface area contributed by atoms with Gasteiger partial charge in [0.05, 0.1) is 0 Å². The first-order valence-electron chi connectivity index (χ1n) is 6.15. The normalized spacial score (nSPS) is 12.3. The van der Waals surface area contributed by atoms with Crippen LogP contribution in [0.1, 0.15) is 19.4 Å². The Labute approximate surface area is 108 Å². The lowest BCUT2D eigenvalue weighted by atomic mass is 10.2. The molecule has 1 N–H and O–H groups in total. The summed E-state index contributed by atoms with van der Waals surface area (Å²) in [4.78, 5) is 4.35. The molecule has 2 aromatic rings. The van der Waals surface area contributed by atoms with Gasteiger partial charge in [0.1, 0.15) is 0 Å². The van der Waals surface area contributed by atoms with Crippen molar-refractivity contribution < 1.29 is 4.74 Å². The Bertz CT molecular complexity index is 467. The zero-order valence-corrected chi connectivity index (χ0v) is 10.8. The van der Waals surface area contributed by atoms with Crippen molar-refractivity contribution >= 4 is 11.6 Å². The number of hydrogen-bond acceptors (Lipinski definition) is 3. The maximum Gasteiger partial charge on any atom is 0.207 e. The number of methoxy groups -OCH3 is 1. The van der Waals surface area contributed by atoms with E-state index in [1.807, 2.05) is 42.7 Å². The molecule has 1 aromatic heterocycles. The van der Waals surface area contributed by atoms with Crippen LogP contribution in [-0.2, 0) is 4.74 Å². The number of anilines is 2. The maximum absolute atomic E-state index is 5.11. The van der Waals surface area contributed by atoms with Gasteiger partial charge in [0, 0.05) is 37.8 Å². The molecule has 18 heavy (non-hydrogen) atoms. The standard InChI is InChI=1S/C14H19N3O/c1-12(8-11-18-2)17-10-9-15-14(17)16-13-6-4-3-5-7-13/h3-7,9-10,12H,8,11H2,1-2H3,(H,15,16). The number of nitrogens with zero attached hydrogens (tertiary/aromatic N) is 2. The highest BCUT2D eigenvalue weighted by molar-refractivity contribution is 5.53. The van der Waals surface area contributed by atoms with Crippen LogP contribution in [0.15, 0.2) is 42.7 Å². The fourth-order valence-electron chi connectivity index (χ4n) is 1.84. The molecule has 0 amide bonds. The molecule has 2 rings (SSSR count). The van der Waals surface area contributed by atoms with E-state index >= 15 is 0 Å². The zero-order valence-electron chi connectivity index (χ0n) is 10.8. The average molecular weight is 245 g/mol. The highest BCUT2D eigenvalue weighted by Crippen LogP contribution is 2.20. The van der Waals surface area contributed by atoms with Gasteiger partial charge in [0.2, 0.25) is 5.95 Å². The minimum Gasteiger partial charge on any atom is -0.385 e. The van der Waals surface area contributed by atoms with Gasteiger partial charge in [-0.3, -0.25) is 0 Å². The van der Waals surface area contributed by atoms with E-state index in [4.69, 9.17) is 4.74 Å². The molecule has 4 nitrogen and oxygen atoms in total. The molecule has 96 valence electrons. The van der Waals surface area contributed by atoms with E-state index in [0.29, 0.717) is 6.04 Å². The summed E-state index contributed by atoms with van der Waals surface area (Å²) in [5.41, 5.74) is 1.05. The molecule has 4 heteroatoms. The number of nitrogens with one attached hydrogen (secondary N) is 1. The van der Waals surface area contributed by atoms with Crippen LogP contribution in [0.4, 0.5) is 11.6 Å². The summed E-state index contributed by atoms with van der Waals surface area (Å²) in [6.45, 7) is 2.92. The molecule has 0 bridgehead atoms. The molecular formula is C14H19N3O. The number of benzene rings is 1. The fourth-order valence-corrected chi connectivity index (χ4v) is 1.84. The largest absolute Gasteiger partial charge is 0.385 e. The first-order valence-corrected chi connectivity index (χ1v) is 6.15. The van der Waals surface area contributed by atoms with E-state index in [2.05, 4.69) is 21.8 Å². The van der Waals surface area contributed by atoms with Crippen molar-refractivity contribution in [3.8, 4) is 0 Å². The van der Waals surface area contributed by atoms with Gasteiger partial charge >= 0.3 is 0 Å². The van der Waals surface area contributed by atoms with Crippen molar-refractivity contribution in [2.24, 2.45) is 0 Å². The predicted octanol–water partition coefficient (Wildman–Crippen LogP) is 3.22. The van der Waals surface area contributed by atoms with Crippen LogP contribution in [0.2, 0.25) is 0 Å². The Balaban J connectivity index is 2.08.